The number of aliphatic hydroxyl groups is 7. The topological polar surface area (TPSA) is 288 Å². The summed E-state index contributed by atoms with van der Waals surface area (Å²) in [6.45, 7) is 5.34. The number of hydrogen-bond acceptors (Lipinski definition) is 15. The number of amides is 1. The number of nitrogens with one attached hydrogen (secondary N) is 2. The van der Waals surface area contributed by atoms with Crippen LogP contribution in [0, 0.1) is 0 Å². The third-order valence-electron chi connectivity index (χ3n) is 6.27. The van der Waals surface area contributed by atoms with Crippen molar-refractivity contribution in [1.29, 1.82) is 0 Å². The summed E-state index contributed by atoms with van der Waals surface area (Å²) in [5, 5.41) is 97.4. The van der Waals surface area contributed by atoms with Gasteiger partial charge in [0.15, 0.2) is 11.5 Å². The summed E-state index contributed by atoms with van der Waals surface area (Å²) in [7, 11) is 5.59. The normalized spacial score (nSPS) is 25.6. The van der Waals surface area contributed by atoms with E-state index in [1.165, 1.54) is 23.5 Å². The van der Waals surface area contributed by atoms with Gasteiger partial charge in [0.25, 0.3) is 17.6 Å². The Morgan fingerprint density at radius 1 is 1.05 bits per heavy atom. The molecule has 40 heavy (non-hydrogen) atoms. The standard InChI is InChI=1S/C23H30BN5O10S/c1-18(2,3)28-17(32)10-6-4-5-9(13(10)26)8-27-14-12(25)7-11(15(30)16(14)31)19(40)20(33,34)21(35,36)23(38,39)29-22(19,24)37/h4-8,29-31,33-40H,25-26H2,1-3H3,(H,28,32). The maximum Gasteiger partial charge on any atom is 0.291 e. The molecular formula is C23H30BN5O10S. The van der Waals surface area contributed by atoms with Gasteiger partial charge in [-0.05, 0) is 32.9 Å². The zero-order valence-corrected chi connectivity index (χ0v) is 22.3. The van der Waals surface area contributed by atoms with Crippen LogP contribution in [0.2, 0.25) is 0 Å². The largest absolute Gasteiger partial charge is 0.504 e. The summed E-state index contributed by atoms with van der Waals surface area (Å²) in [6, 6.07) is 5.18. The van der Waals surface area contributed by atoms with Gasteiger partial charge in [-0.2, -0.15) is 12.6 Å². The monoisotopic (exact) mass is 579 g/mol. The van der Waals surface area contributed by atoms with E-state index in [1.54, 1.807) is 20.8 Å². The fourth-order valence-electron chi connectivity index (χ4n) is 4.11. The maximum atomic E-state index is 12.6. The van der Waals surface area contributed by atoms with E-state index in [1.807, 2.05) is 0 Å². The number of piperidine rings is 1. The minimum absolute atomic E-state index is 0.0201. The van der Waals surface area contributed by atoms with Crippen LogP contribution in [-0.2, 0) is 4.75 Å². The number of rotatable bonds is 4. The Labute approximate surface area is 234 Å². The van der Waals surface area contributed by atoms with Crippen molar-refractivity contribution in [3.05, 3.63) is 41.0 Å². The summed E-state index contributed by atoms with van der Waals surface area (Å²) in [4.78, 5) is 16.6. The number of nitrogens with two attached hydrogens (primary N) is 2. The molecule has 2 radical (unpaired) electrons. The van der Waals surface area contributed by atoms with E-state index in [4.69, 9.17) is 19.3 Å². The van der Waals surface area contributed by atoms with Crippen molar-refractivity contribution >= 4 is 49.7 Å². The number of nitrogen functional groups attached to an aromatic ring is 2. The summed E-state index contributed by atoms with van der Waals surface area (Å²) >= 11 is 3.87. The minimum atomic E-state index is -4.32. The van der Waals surface area contributed by atoms with Crippen LogP contribution in [-0.4, -0.2) is 94.6 Å². The molecule has 1 fully saturated rings. The maximum absolute atomic E-state index is 12.6. The van der Waals surface area contributed by atoms with Gasteiger partial charge in [-0.25, -0.2) is 10.3 Å². The van der Waals surface area contributed by atoms with Gasteiger partial charge in [-0.3, -0.25) is 4.79 Å². The number of para-hydroxylation sites is 1. The van der Waals surface area contributed by atoms with Gasteiger partial charge in [-0.1, -0.05) is 12.1 Å². The van der Waals surface area contributed by atoms with E-state index in [0.29, 0.717) is 6.07 Å². The Hall–Kier alpha value is -3.13. The van der Waals surface area contributed by atoms with Gasteiger partial charge in [0.05, 0.1) is 22.6 Å². The number of nitrogens with zero attached hydrogens (tertiary/aromatic N) is 1. The molecule has 2 aromatic carbocycles. The number of carbonyl (C=O) groups is 1. The SMILES string of the molecule is [B]C1(O)NC(O)(O)C(O)(O)C(O)(O)C1(S)c1cc(N)c(N=Cc2cccc(C(=O)NC(C)(C)C)c2N)c(O)c1O. The molecule has 0 saturated carbocycles. The molecule has 1 amide bonds. The van der Waals surface area contributed by atoms with Crippen molar-refractivity contribution in [3.63, 3.8) is 0 Å². The molecule has 0 bridgehead atoms. The first-order valence-electron chi connectivity index (χ1n) is 11.4. The lowest BCUT2D eigenvalue weighted by Crippen LogP contribution is -2.90. The average molecular weight is 579 g/mol. The Balaban J connectivity index is 2.13. The molecule has 2 unspecified atom stereocenters. The molecule has 2 atom stereocenters. The average Bonchev–Trinajstić information content (AvgIpc) is 2.78. The number of phenolic OH excluding ortho intramolecular Hbond substituents is 2. The summed E-state index contributed by atoms with van der Waals surface area (Å²) < 4.78 is -3.34. The number of aromatic hydroxyl groups is 2. The third-order valence-corrected chi connectivity index (χ3v) is 7.16. The number of thiol groups is 1. The molecular weight excluding hydrogens is 549 g/mol. The number of phenols is 2. The van der Waals surface area contributed by atoms with E-state index < -0.39 is 67.7 Å². The van der Waals surface area contributed by atoms with Crippen LogP contribution < -0.4 is 22.1 Å². The Morgan fingerprint density at radius 2 is 1.62 bits per heavy atom. The second kappa shape index (κ2) is 9.47. The van der Waals surface area contributed by atoms with Crippen LogP contribution >= 0.6 is 12.6 Å². The van der Waals surface area contributed by atoms with Gasteiger partial charge in [0.1, 0.15) is 18.3 Å². The molecule has 0 aliphatic carbocycles. The highest BCUT2D eigenvalue weighted by molar-refractivity contribution is 7.81. The highest BCUT2D eigenvalue weighted by atomic mass is 32.1. The number of aliphatic imine (C=N–C) groups is 1. The first-order valence-corrected chi connectivity index (χ1v) is 11.8. The van der Waals surface area contributed by atoms with Crippen molar-refractivity contribution in [3.8, 4) is 11.5 Å². The zero-order chi connectivity index (χ0) is 30.9. The molecule has 15 N–H and O–H groups in total. The molecule has 0 spiro atoms. The van der Waals surface area contributed by atoms with E-state index in [9.17, 15) is 50.8 Å². The molecule has 1 aliphatic heterocycles. The van der Waals surface area contributed by atoms with Crippen molar-refractivity contribution in [2.24, 2.45) is 4.99 Å². The first-order chi connectivity index (χ1) is 17.9. The molecule has 2 aromatic rings. The molecule has 3 rings (SSSR count). The summed E-state index contributed by atoms with van der Waals surface area (Å²) in [5.74, 6) is -15.5. The van der Waals surface area contributed by atoms with Crippen molar-refractivity contribution in [1.82, 2.24) is 10.6 Å². The number of carbonyl (C=O) groups excluding carboxylic acids is 1. The van der Waals surface area contributed by atoms with Gasteiger partial charge >= 0.3 is 0 Å². The Kier molecular flexibility index (Phi) is 7.44. The lowest BCUT2D eigenvalue weighted by molar-refractivity contribution is -0.497. The smallest absolute Gasteiger partial charge is 0.291 e. The number of anilines is 2. The van der Waals surface area contributed by atoms with Crippen LogP contribution in [0.3, 0.4) is 0 Å². The van der Waals surface area contributed by atoms with Crippen LogP contribution in [0.25, 0.3) is 0 Å². The fraction of sp³-hybridized carbons (Fsp3) is 0.391. The molecule has 1 aliphatic rings. The third kappa shape index (κ3) is 4.64. The molecule has 1 saturated heterocycles. The summed E-state index contributed by atoms with van der Waals surface area (Å²) in [5.41, 5.74) is 6.42. The lowest BCUT2D eigenvalue weighted by Gasteiger charge is -2.61. The Bertz CT molecular complexity index is 1390. The van der Waals surface area contributed by atoms with Crippen LogP contribution in [0.1, 0.15) is 42.3 Å². The molecule has 216 valence electrons. The van der Waals surface area contributed by atoms with Crippen LogP contribution in [0.5, 0.6) is 11.5 Å². The molecule has 15 nitrogen and oxygen atoms in total. The predicted molar refractivity (Wildman–Crippen MR) is 146 cm³/mol. The fourth-order valence-corrected chi connectivity index (χ4v) is 4.50. The first kappa shape index (κ1) is 31.4. The molecule has 1 heterocycles. The van der Waals surface area contributed by atoms with Gasteiger partial charge < -0.3 is 62.7 Å². The second-order valence-electron chi connectivity index (χ2n) is 10.4. The van der Waals surface area contributed by atoms with Gasteiger partial charge in [0, 0.05) is 22.9 Å². The van der Waals surface area contributed by atoms with E-state index in [-0.39, 0.29) is 16.8 Å². The van der Waals surface area contributed by atoms with Crippen molar-refractivity contribution in [2.75, 3.05) is 11.5 Å². The number of hydrogen-bond donors (Lipinski definition) is 14. The highest BCUT2D eigenvalue weighted by Gasteiger charge is 2.79. The molecule has 0 aromatic heterocycles. The van der Waals surface area contributed by atoms with E-state index in [2.05, 4.69) is 22.9 Å². The van der Waals surface area contributed by atoms with E-state index in [0.717, 1.165) is 6.21 Å². The summed E-state index contributed by atoms with van der Waals surface area (Å²) in [6.07, 6.45) is 1.10. The highest BCUT2D eigenvalue weighted by Crippen LogP contribution is 2.58. The zero-order valence-electron chi connectivity index (χ0n) is 21.4. The van der Waals surface area contributed by atoms with Gasteiger partial charge in [-0.15, -0.1) is 0 Å². The quantitative estimate of drug-likeness (QED) is 0.0329. The van der Waals surface area contributed by atoms with E-state index >= 15 is 0 Å². The van der Waals surface area contributed by atoms with Crippen molar-refractivity contribution in [2.45, 2.75) is 54.2 Å². The Morgan fingerprint density at radius 3 is 2.17 bits per heavy atom. The predicted octanol–water partition coefficient (Wildman–Crippen LogP) is -2.92. The van der Waals surface area contributed by atoms with Crippen molar-refractivity contribution < 1.29 is 50.8 Å². The number of benzene rings is 2. The van der Waals surface area contributed by atoms with Crippen LogP contribution in [0.15, 0.2) is 29.3 Å². The van der Waals surface area contributed by atoms with Gasteiger partial charge in [0.2, 0.25) is 5.79 Å². The molecule has 17 heteroatoms. The van der Waals surface area contributed by atoms with Crippen LogP contribution in [0.4, 0.5) is 17.1 Å². The minimum Gasteiger partial charge on any atom is -0.504 e. The lowest BCUT2D eigenvalue weighted by atomic mass is 9.64. The second-order valence-corrected chi connectivity index (χ2v) is 11.1.